The van der Waals surface area contributed by atoms with Crippen molar-refractivity contribution >= 4 is 12.0 Å². The Labute approximate surface area is 175 Å². The van der Waals surface area contributed by atoms with Gasteiger partial charge in [0, 0.05) is 30.6 Å². The van der Waals surface area contributed by atoms with Crippen molar-refractivity contribution in [2.24, 2.45) is 0 Å². The van der Waals surface area contributed by atoms with E-state index in [0.717, 1.165) is 22.4 Å². The molecule has 0 aliphatic rings. The SMILES string of the molecule is C#CCN(Cc1ccc(F)cc1)C(=O)/C=C/c1ccc(OCc2cccnc2)cc1. The molecule has 0 saturated heterocycles. The monoisotopic (exact) mass is 400 g/mol. The van der Waals surface area contributed by atoms with Crippen LogP contribution in [0.1, 0.15) is 16.7 Å². The highest BCUT2D eigenvalue weighted by Crippen LogP contribution is 2.15. The average molecular weight is 400 g/mol. The molecule has 0 spiro atoms. The fourth-order valence-electron chi connectivity index (χ4n) is 2.73. The van der Waals surface area contributed by atoms with E-state index in [-0.39, 0.29) is 18.3 Å². The molecule has 4 nitrogen and oxygen atoms in total. The van der Waals surface area contributed by atoms with Gasteiger partial charge in [0.2, 0.25) is 5.91 Å². The number of nitrogens with zero attached hydrogens (tertiary/aromatic N) is 2. The van der Waals surface area contributed by atoms with Crippen molar-refractivity contribution in [1.29, 1.82) is 0 Å². The molecule has 0 aliphatic heterocycles. The van der Waals surface area contributed by atoms with Crippen LogP contribution in [0.15, 0.2) is 79.1 Å². The van der Waals surface area contributed by atoms with E-state index in [1.54, 1.807) is 30.6 Å². The normalized spacial score (nSPS) is 10.5. The number of carbonyl (C=O) groups is 1. The second-order valence-corrected chi connectivity index (χ2v) is 6.58. The van der Waals surface area contributed by atoms with Gasteiger partial charge in [-0.3, -0.25) is 9.78 Å². The Morgan fingerprint density at radius 2 is 1.87 bits per heavy atom. The van der Waals surface area contributed by atoms with E-state index in [0.29, 0.717) is 13.2 Å². The average Bonchev–Trinajstić information content (AvgIpc) is 2.78. The van der Waals surface area contributed by atoms with E-state index in [1.165, 1.54) is 23.1 Å². The molecule has 1 amide bonds. The molecule has 3 aromatic rings. The van der Waals surface area contributed by atoms with Crippen LogP contribution in [0.4, 0.5) is 4.39 Å². The van der Waals surface area contributed by atoms with Crippen LogP contribution in [0, 0.1) is 18.2 Å². The predicted molar refractivity (Wildman–Crippen MR) is 115 cm³/mol. The summed E-state index contributed by atoms with van der Waals surface area (Å²) in [6.45, 7) is 0.919. The summed E-state index contributed by atoms with van der Waals surface area (Å²) in [4.78, 5) is 18.1. The number of rotatable bonds is 8. The van der Waals surface area contributed by atoms with Crippen molar-refractivity contribution in [3.05, 3.63) is 102 Å². The first-order chi connectivity index (χ1) is 14.6. The number of halogens is 1. The van der Waals surface area contributed by atoms with Gasteiger partial charge in [-0.2, -0.15) is 0 Å². The van der Waals surface area contributed by atoms with Gasteiger partial charge in [0.15, 0.2) is 0 Å². The van der Waals surface area contributed by atoms with Gasteiger partial charge in [-0.05, 0) is 47.5 Å². The summed E-state index contributed by atoms with van der Waals surface area (Å²) >= 11 is 0. The van der Waals surface area contributed by atoms with E-state index in [1.807, 2.05) is 36.4 Å². The number of hydrogen-bond donors (Lipinski definition) is 0. The summed E-state index contributed by atoms with van der Waals surface area (Å²) in [6, 6.07) is 17.2. The fourth-order valence-corrected chi connectivity index (χ4v) is 2.73. The van der Waals surface area contributed by atoms with Gasteiger partial charge >= 0.3 is 0 Å². The summed E-state index contributed by atoms with van der Waals surface area (Å²) in [6.07, 6.45) is 12.1. The minimum Gasteiger partial charge on any atom is -0.489 e. The zero-order valence-electron chi connectivity index (χ0n) is 16.4. The molecule has 0 fully saturated rings. The first-order valence-electron chi connectivity index (χ1n) is 9.41. The smallest absolute Gasteiger partial charge is 0.247 e. The molecule has 30 heavy (non-hydrogen) atoms. The Balaban J connectivity index is 1.58. The lowest BCUT2D eigenvalue weighted by molar-refractivity contribution is -0.125. The van der Waals surface area contributed by atoms with E-state index >= 15 is 0 Å². The van der Waals surface area contributed by atoms with Crippen molar-refractivity contribution in [3.8, 4) is 18.1 Å². The zero-order chi connectivity index (χ0) is 21.2. The third-order valence-electron chi connectivity index (χ3n) is 4.31. The van der Waals surface area contributed by atoms with Gasteiger partial charge in [-0.15, -0.1) is 6.42 Å². The second kappa shape index (κ2) is 10.6. The number of carbonyl (C=O) groups excluding carboxylic acids is 1. The summed E-state index contributed by atoms with van der Waals surface area (Å²) in [7, 11) is 0. The number of benzene rings is 2. The fraction of sp³-hybridized carbons (Fsp3) is 0.120. The predicted octanol–water partition coefficient (Wildman–Crippen LogP) is 4.47. The van der Waals surface area contributed by atoms with Crippen LogP contribution in [0.5, 0.6) is 5.75 Å². The van der Waals surface area contributed by atoms with E-state index in [4.69, 9.17) is 11.2 Å². The van der Waals surface area contributed by atoms with Crippen LogP contribution >= 0.6 is 0 Å². The molecule has 0 radical (unpaired) electrons. The molecule has 1 aromatic heterocycles. The van der Waals surface area contributed by atoms with Crippen molar-refractivity contribution in [2.45, 2.75) is 13.2 Å². The van der Waals surface area contributed by atoms with Crippen LogP contribution < -0.4 is 4.74 Å². The van der Waals surface area contributed by atoms with Crippen molar-refractivity contribution in [3.63, 3.8) is 0 Å². The molecule has 0 N–H and O–H groups in total. The summed E-state index contributed by atoms with van der Waals surface area (Å²) in [5.74, 6) is 2.69. The Morgan fingerprint density at radius 1 is 1.10 bits per heavy atom. The quantitative estimate of drug-likeness (QED) is 0.414. The first kappa shape index (κ1) is 20.8. The summed E-state index contributed by atoms with van der Waals surface area (Å²) < 4.78 is 18.8. The highest BCUT2D eigenvalue weighted by Gasteiger charge is 2.10. The second-order valence-electron chi connectivity index (χ2n) is 6.58. The maximum atomic E-state index is 13.1. The molecule has 0 bridgehead atoms. The summed E-state index contributed by atoms with van der Waals surface area (Å²) in [5, 5.41) is 0. The largest absolute Gasteiger partial charge is 0.489 e. The molecular formula is C25H21FN2O2. The molecule has 150 valence electrons. The number of amides is 1. The van der Waals surface area contributed by atoms with Crippen LogP contribution in [0.25, 0.3) is 6.08 Å². The zero-order valence-corrected chi connectivity index (χ0v) is 16.4. The topological polar surface area (TPSA) is 42.4 Å². The Bertz CT molecular complexity index is 1020. The molecule has 2 aromatic carbocycles. The minimum absolute atomic E-state index is 0.168. The highest BCUT2D eigenvalue weighted by atomic mass is 19.1. The lowest BCUT2D eigenvalue weighted by atomic mass is 10.2. The molecular weight excluding hydrogens is 379 g/mol. The standard InChI is InChI=1S/C25H21FN2O2/c1-2-16-28(18-21-5-10-23(26)11-6-21)25(29)14-9-20-7-12-24(13-8-20)30-19-22-4-3-15-27-17-22/h1,3-15,17H,16,18-19H2/b14-9+. The van der Waals surface area contributed by atoms with Gasteiger partial charge in [0.25, 0.3) is 0 Å². The van der Waals surface area contributed by atoms with Crippen molar-refractivity contribution in [2.75, 3.05) is 6.54 Å². The minimum atomic E-state index is -0.318. The van der Waals surface area contributed by atoms with Crippen molar-refractivity contribution < 1.29 is 13.9 Å². The number of ether oxygens (including phenoxy) is 1. The van der Waals surface area contributed by atoms with Gasteiger partial charge in [-0.25, -0.2) is 4.39 Å². The van der Waals surface area contributed by atoms with Crippen LogP contribution in [-0.4, -0.2) is 22.3 Å². The van der Waals surface area contributed by atoms with Crippen LogP contribution in [0.2, 0.25) is 0 Å². The number of hydrogen-bond acceptors (Lipinski definition) is 3. The Morgan fingerprint density at radius 3 is 2.53 bits per heavy atom. The van der Waals surface area contributed by atoms with Gasteiger partial charge < -0.3 is 9.64 Å². The molecule has 0 atom stereocenters. The van der Waals surface area contributed by atoms with E-state index in [2.05, 4.69) is 10.9 Å². The van der Waals surface area contributed by atoms with E-state index < -0.39 is 0 Å². The Hall–Kier alpha value is -3.91. The number of aromatic nitrogens is 1. The van der Waals surface area contributed by atoms with Gasteiger partial charge in [-0.1, -0.05) is 36.3 Å². The lowest BCUT2D eigenvalue weighted by Gasteiger charge is -2.18. The molecule has 1 heterocycles. The lowest BCUT2D eigenvalue weighted by Crippen LogP contribution is -2.29. The Kier molecular flexibility index (Phi) is 7.34. The van der Waals surface area contributed by atoms with Crippen LogP contribution in [-0.2, 0) is 17.9 Å². The van der Waals surface area contributed by atoms with Crippen molar-refractivity contribution in [1.82, 2.24) is 9.88 Å². The molecule has 0 saturated carbocycles. The van der Waals surface area contributed by atoms with Crippen LogP contribution in [0.3, 0.4) is 0 Å². The number of terminal acetylenes is 1. The summed E-state index contributed by atoms with van der Waals surface area (Å²) in [5.41, 5.74) is 2.66. The maximum absolute atomic E-state index is 13.1. The first-order valence-corrected chi connectivity index (χ1v) is 9.41. The maximum Gasteiger partial charge on any atom is 0.247 e. The number of pyridine rings is 1. The molecule has 3 rings (SSSR count). The molecule has 5 heteroatoms. The molecule has 0 unspecified atom stereocenters. The van der Waals surface area contributed by atoms with Gasteiger partial charge in [0.1, 0.15) is 18.2 Å². The molecule has 0 aliphatic carbocycles. The third-order valence-corrected chi connectivity index (χ3v) is 4.31. The van der Waals surface area contributed by atoms with Gasteiger partial charge in [0.05, 0.1) is 6.54 Å². The highest BCUT2D eigenvalue weighted by molar-refractivity contribution is 5.92. The van der Waals surface area contributed by atoms with E-state index in [9.17, 15) is 9.18 Å². The third kappa shape index (κ3) is 6.32.